The number of aldehydes is 1. The van der Waals surface area contributed by atoms with Crippen LogP contribution in [-0.4, -0.2) is 17.4 Å². The summed E-state index contributed by atoms with van der Waals surface area (Å²) in [5.41, 5.74) is 0.229. The van der Waals surface area contributed by atoms with E-state index in [1.165, 1.54) is 0 Å². The summed E-state index contributed by atoms with van der Waals surface area (Å²) in [4.78, 5) is 21.7. The Bertz CT molecular complexity index is 412. The molecular weight excluding hydrogens is 196 g/mol. The number of hydrogen-bond acceptors (Lipinski definition) is 3. The van der Waals surface area contributed by atoms with Crippen molar-refractivity contribution >= 4 is 12.3 Å². The number of carboxylic acid groups (broad SMARTS) is 1. The zero-order valence-corrected chi connectivity index (χ0v) is 8.45. The SMILES string of the molecule is Cc1oc(CC2CC2)c(C(=O)O)c1C=O. The highest BCUT2D eigenvalue weighted by atomic mass is 16.4. The van der Waals surface area contributed by atoms with E-state index in [-0.39, 0.29) is 11.1 Å². The summed E-state index contributed by atoms with van der Waals surface area (Å²) < 4.78 is 5.34. The smallest absolute Gasteiger partial charge is 0.340 e. The molecule has 1 aliphatic carbocycles. The predicted molar refractivity (Wildman–Crippen MR) is 52.2 cm³/mol. The van der Waals surface area contributed by atoms with Crippen molar-refractivity contribution in [3.8, 4) is 0 Å². The van der Waals surface area contributed by atoms with E-state index < -0.39 is 5.97 Å². The van der Waals surface area contributed by atoms with E-state index in [2.05, 4.69) is 0 Å². The molecule has 0 atom stereocenters. The summed E-state index contributed by atoms with van der Waals surface area (Å²) in [5.74, 6) is 0.306. The van der Waals surface area contributed by atoms with Crippen molar-refractivity contribution in [3.05, 3.63) is 22.6 Å². The maximum absolute atomic E-state index is 11.0. The first-order valence-electron chi connectivity index (χ1n) is 4.94. The number of aryl methyl sites for hydroxylation is 1. The molecule has 1 aliphatic rings. The average Bonchev–Trinajstić information content (AvgIpc) is 2.89. The molecule has 0 amide bonds. The molecule has 4 heteroatoms. The van der Waals surface area contributed by atoms with E-state index in [9.17, 15) is 9.59 Å². The van der Waals surface area contributed by atoms with Crippen molar-refractivity contribution in [2.24, 2.45) is 5.92 Å². The zero-order valence-electron chi connectivity index (χ0n) is 8.45. The lowest BCUT2D eigenvalue weighted by Crippen LogP contribution is -2.03. The molecule has 0 aliphatic heterocycles. The third-order valence-electron chi connectivity index (χ3n) is 2.71. The van der Waals surface area contributed by atoms with Crippen molar-refractivity contribution in [3.63, 3.8) is 0 Å². The van der Waals surface area contributed by atoms with Gasteiger partial charge in [0.15, 0.2) is 6.29 Å². The van der Waals surface area contributed by atoms with Gasteiger partial charge in [-0.25, -0.2) is 4.79 Å². The van der Waals surface area contributed by atoms with Gasteiger partial charge in [-0.1, -0.05) is 0 Å². The zero-order chi connectivity index (χ0) is 11.0. The molecule has 1 saturated carbocycles. The van der Waals surface area contributed by atoms with Crippen molar-refractivity contribution in [1.29, 1.82) is 0 Å². The minimum absolute atomic E-state index is 0.0504. The van der Waals surface area contributed by atoms with Crippen LogP contribution in [0.3, 0.4) is 0 Å². The van der Waals surface area contributed by atoms with Gasteiger partial charge in [-0.2, -0.15) is 0 Å². The molecule has 1 N–H and O–H groups in total. The Morgan fingerprint density at radius 3 is 2.73 bits per heavy atom. The summed E-state index contributed by atoms with van der Waals surface area (Å²) in [5, 5.41) is 9.01. The standard InChI is InChI=1S/C11H12O4/c1-6-8(5-12)10(11(13)14)9(15-6)4-7-2-3-7/h5,7H,2-4H2,1H3,(H,13,14). The van der Waals surface area contributed by atoms with Gasteiger partial charge < -0.3 is 9.52 Å². The molecule has 4 nitrogen and oxygen atoms in total. The normalized spacial score (nSPS) is 15.3. The van der Waals surface area contributed by atoms with Gasteiger partial charge in [0.1, 0.15) is 17.1 Å². The van der Waals surface area contributed by atoms with Gasteiger partial charge in [0.05, 0.1) is 5.56 Å². The first-order chi connectivity index (χ1) is 7.13. The molecule has 1 aromatic heterocycles. The minimum atomic E-state index is -1.08. The maximum Gasteiger partial charge on any atom is 0.340 e. The van der Waals surface area contributed by atoms with Gasteiger partial charge in [-0.3, -0.25) is 4.79 Å². The maximum atomic E-state index is 11.0. The van der Waals surface area contributed by atoms with Gasteiger partial charge in [-0.15, -0.1) is 0 Å². The molecule has 15 heavy (non-hydrogen) atoms. The lowest BCUT2D eigenvalue weighted by atomic mass is 10.1. The van der Waals surface area contributed by atoms with Crippen LogP contribution >= 0.6 is 0 Å². The molecule has 1 aromatic rings. The number of aromatic carboxylic acids is 1. The molecule has 2 rings (SSSR count). The van der Waals surface area contributed by atoms with Gasteiger partial charge in [0, 0.05) is 6.42 Å². The Balaban J connectivity index is 2.42. The highest BCUT2D eigenvalue weighted by Crippen LogP contribution is 2.35. The molecule has 0 radical (unpaired) electrons. The Morgan fingerprint density at radius 2 is 2.27 bits per heavy atom. The highest BCUT2D eigenvalue weighted by molar-refractivity contribution is 5.98. The summed E-state index contributed by atoms with van der Waals surface area (Å²) in [6.45, 7) is 1.62. The third kappa shape index (κ3) is 1.79. The second-order valence-corrected chi connectivity index (χ2v) is 3.94. The number of carboxylic acids is 1. The van der Waals surface area contributed by atoms with Crippen LogP contribution in [0.25, 0.3) is 0 Å². The molecule has 1 heterocycles. The van der Waals surface area contributed by atoms with Gasteiger partial charge in [-0.05, 0) is 25.7 Å². The van der Waals surface area contributed by atoms with E-state index in [1.54, 1.807) is 6.92 Å². The van der Waals surface area contributed by atoms with E-state index in [0.29, 0.717) is 30.1 Å². The first kappa shape index (κ1) is 9.96. The first-order valence-corrected chi connectivity index (χ1v) is 4.94. The highest BCUT2D eigenvalue weighted by Gasteiger charge is 2.29. The van der Waals surface area contributed by atoms with Crippen molar-refractivity contribution in [2.75, 3.05) is 0 Å². The summed E-state index contributed by atoms with van der Waals surface area (Å²) >= 11 is 0. The fraction of sp³-hybridized carbons (Fsp3) is 0.455. The quantitative estimate of drug-likeness (QED) is 0.769. The van der Waals surface area contributed by atoms with Crippen LogP contribution in [0.4, 0.5) is 0 Å². The van der Waals surface area contributed by atoms with Crippen LogP contribution < -0.4 is 0 Å². The molecule has 0 spiro atoms. The van der Waals surface area contributed by atoms with E-state index in [4.69, 9.17) is 9.52 Å². The average molecular weight is 208 g/mol. The van der Waals surface area contributed by atoms with Gasteiger partial charge in [0.2, 0.25) is 0 Å². The Morgan fingerprint density at radius 1 is 1.60 bits per heavy atom. The van der Waals surface area contributed by atoms with Crippen molar-refractivity contribution < 1.29 is 19.1 Å². The van der Waals surface area contributed by atoms with E-state index in [1.807, 2.05) is 0 Å². The largest absolute Gasteiger partial charge is 0.478 e. The topological polar surface area (TPSA) is 67.5 Å². The van der Waals surface area contributed by atoms with Crippen molar-refractivity contribution in [2.45, 2.75) is 26.2 Å². The Labute approximate surface area is 86.9 Å². The second-order valence-electron chi connectivity index (χ2n) is 3.94. The molecular formula is C11H12O4. The summed E-state index contributed by atoms with van der Waals surface area (Å²) in [7, 11) is 0. The molecule has 0 aromatic carbocycles. The van der Waals surface area contributed by atoms with Crippen LogP contribution in [0.5, 0.6) is 0 Å². The summed E-state index contributed by atoms with van der Waals surface area (Å²) in [6, 6.07) is 0. The predicted octanol–water partition coefficient (Wildman–Crippen LogP) is 2.05. The van der Waals surface area contributed by atoms with Crippen LogP contribution in [0.1, 0.15) is 45.1 Å². The number of carbonyl (C=O) groups is 2. The number of furan rings is 1. The third-order valence-corrected chi connectivity index (χ3v) is 2.71. The Kier molecular flexibility index (Phi) is 2.34. The van der Waals surface area contributed by atoms with E-state index in [0.717, 1.165) is 12.8 Å². The fourth-order valence-corrected chi connectivity index (χ4v) is 1.72. The lowest BCUT2D eigenvalue weighted by molar-refractivity contribution is 0.0691. The molecule has 80 valence electrons. The van der Waals surface area contributed by atoms with Gasteiger partial charge >= 0.3 is 5.97 Å². The number of hydrogen-bond donors (Lipinski definition) is 1. The molecule has 0 saturated heterocycles. The summed E-state index contributed by atoms with van der Waals surface area (Å²) in [6.07, 6.45) is 3.43. The number of carbonyl (C=O) groups excluding carboxylic acids is 1. The minimum Gasteiger partial charge on any atom is -0.478 e. The monoisotopic (exact) mass is 208 g/mol. The van der Waals surface area contributed by atoms with Gasteiger partial charge in [0.25, 0.3) is 0 Å². The molecule has 0 bridgehead atoms. The lowest BCUT2D eigenvalue weighted by Gasteiger charge is -1.96. The van der Waals surface area contributed by atoms with Crippen LogP contribution in [0.15, 0.2) is 4.42 Å². The van der Waals surface area contributed by atoms with Crippen LogP contribution in [-0.2, 0) is 6.42 Å². The van der Waals surface area contributed by atoms with Crippen LogP contribution in [0.2, 0.25) is 0 Å². The van der Waals surface area contributed by atoms with E-state index >= 15 is 0 Å². The molecule has 0 unspecified atom stereocenters. The fourth-order valence-electron chi connectivity index (χ4n) is 1.72. The van der Waals surface area contributed by atoms with Crippen LogP contribution in [0, 0.1) is 12.8 Å². The Hall–Kier alpha value is -1.58. The second kappa shape index (κ2) is 3.53. The van der Waals surface area contributed by atoms with Crippen molar-refractivity contribution in [1.82, 2.24) is 0 Å². The number of rotatable bonds is 4. The molecule has 1 fully saturated rings.